The van der Waals surface area contributed by atoms with E-state index in [0.717, 1.165) is 11.1 Å². The van der Waals surface area contributed by atoms with Crippen LogP contribution in [0, 0.1) is 6.92 Å². The van der Waals surface area contributed by atoms with Crippen LogP contribution >= 0.6 is 23.2 Å². The number of aryl methyl sites for hydroxylation is 1. The van der Waals surface area contributed by atoms with Crippen molar-refractivity contribution >= 4 is 34.8 Å². The first kappa shape index (κ1) is 16.8. The average Bonchev–Trinajstić information content (AvgIpc) is 2.48. The van der Waals surface area contributed by atoms with Crippen molar-refractivity contribution in [1.82, 2.24) is 5.32 Å². The number of hydrogen-bond acceptors (Lipinski definition) is 2. The van der Waals surface area contributed by atoms with E-state index >= 15 is 0 Å². The molecule has 0 fully saturated rings. The van der Waals surface area contributed by atoms with E-state index in [1.54, 1.807) is 6.07 Å². The number of carbonyl (C=O) groups excluding carboxylic acids is 1. The van der Waals surface area contributed by atoms with Crippen molar-refractivity contribution in [3.8, 4) is 0 Å². The summed E-state index contributed by atoms with van der Waals surface area (Å²) in [5.41, 5.74) is 2.71. The molecular weight excluding hydrogens is 319 g/mol. The lowest BCUT2D eigenvalue weighted by Gasteiger charge is -2.14. The molecular formula is C17H18Cl2N2O. The Morgan fingerprint density at radius 1 is 1.18 bits per heavy atom. The minimum Gasteiger partial charge on any atom is -0.325 e. The Bertz CT molecular complexity index is 673. The monoisotopic (exact) mass is 336 g/mol. The highest BCUT2D eigenvalue weighted by molar-refractivity contribution is 6.31. The van der Waals surface area contributed by atoms with Gasteiger partial charge in [-0.25, -0.2) is 0 Å². The van der Waals surface area contributed by atoms with Crippen molar-refractivity contribution in [2.45, 2.75) is 19.9 Å². The second-order valence-corrected chi connectivity index (χ2v) is 6.01. The van der Waals surface area contributed by atoms with Gasteiger partial charge < -0.3 is 10.6 Å². The molecule has 2 aromatic rings. The van der Waals surface area contributed by atoms with E-state index in [-0.39, 0.29) is 18.5 Å². The van der Waals surface area contributed by atoms with Crippen LogP contribution in [0.5, 0.6) is 0 Å². The maximum atomic E-state index is 12.0. The molecule has 2 N–H and O–H groups in total. The van der Waals surface area contributed by atoms with Crippen molar-refractivity contribution in [3.05, 3.63) is 63.6 Å². The molecule has 2 aromatic carbocycles. The number of anilines is 1. The first-order chi connectivity index (χ1) is 10.5. The van der Waals surface area contributed by atoms with Crippen LogP contribution in [0.3, 0.4) is 0 Å². The summed E-state index contributed by atoms with van der Waals surface area (Å²) in [6.07, 6.45) is 0. The van der Waals surface area contributed by atoms with Crippen LogP contribution in [0.25, 0.3) is 0 Å². The third-order valence-electron chi connectivity index (χ3n) is 3.37. The number of benzene rings is 2. The van der Waals surface area contributed by atoms with Gasteiger partial charge in [0.1, 0.15) is 0 Å². The van der Waals surface area contributed by atoms with E-state index in [2.05, 4.69) is 10.6 Å². The van der Waals surface area contributed by atoms with Gasteiger partial charge in [-0.05, 0) is 49.2 Å². The van der Waals surface area contributed by atoms with Gasteiger partial charge in [-0.1, -0.05) is 41.4 Å². The summed E-state index contributed by atoms with van der Waals surface area (Å²) in [7, 11) is 0. The van der Waals surface area contributed by atoms with Crippen LogP contribution in [0.4, 0.5) is 5.69 Å². The summed E-state index contributed by atoms with van der Waals surface area (Å²) >= 11 is 12.0. The van der Waals surface area contributed by atoms with Crippen molar-refractivity contribution in [1.29, 1.82) is 0 Å². The first-order valence-corrected chi connectivity index (χ1v) is 7.76. The molecule has 0 saturated carbocycles. The number of hydrogen-bond donors (Lipinski definition) is 2. The zero-order valence-electron chi connectivity index (χ0n) is 12.5. The SMILES string of the molecule is Cc1ccc(NC(=O)CN[C@H](C)c2cccc(Cl)c2)cc1Cl. The lowest BCUT2D eigenvalue weighted by atomic mass is 10.1. The van der Waals surface area contributed by atoms with E-state index in [1.165, 1.54) is 0 Å². The summed E-state index contributed by atoms with van der Waals surface area (Å²) in [5.74, 6) is -0.117. The molecule has 0 spiro atoms. The molecule has 0 radical (unpaired) electrons. The summed E-state index contributed by atoms with van der Waals surface area (Å²) in [6, 6.07) is 13.1. The molecule has 116 valence electrons. The quantitative estimate of drug-likeness (QED) is 0.838. The molecule has 0 bridgehead atoms. The Balaban J connectivity index is 1.88. The van der Waals surface area contributed by atoms with E-state index in [1.807, 2.05) is 50.2 Å². The van der Waals surface area contributed by atoms with E-state index in [9.17, 15) is 4.79 Å². The molecule has 5 heteroatoms. The summed E-state index contributed by atoms with van der Waals surface area (Å²) < 4.78 is 0. The Kier molecular flexibility index (Phi) is 5.83. The number of nitrogens with one attached hydrogen (secondary N) is 2. The fourth-order valence-corrected chi connectivity index (χ4v) is 2.39. The molecule has 1 amide bonds. The molecule has 0 unspecified atom stereocenters. The number of halogens is 2. The predicted octanol–water partition coefficient (Wildman–Crippen LogP) is 4.59. The lowest BCUT2D eigenvalue weighted by Crippen LogP contribution is -2.30. The second-order valence-electron chi connectivity index (χ2n) is 5.17. The normalized spacial score (nSPS) is 12.0. The molecule has 1 atom stereocenters. The molecule has 0 heterocycles. The van der Waals surface area contributed by atoms with E-state index < -0.39 is 0 Å². The fraction of sp³-hybridized carbons (Fsp3) is 0.235. The highest BCUT2D eigenvalue weighted by Crippen LogP contribution is 2.20. The molecule has 0 aliphatic rings. The van der Waals surface area contributed by atoms with Gasteiger partial charge in [-0.15, -0.1) is 0 Å². The summed E-state index contributed by atoms with van der Waals surface area (Å²) in [4.78, 5) is 12.0. The maximum absolute atomic E-state index is 12.0. The minimum absolute atomic E-state index is 0.0334. The van der Waals surface area contributed by atoms with Crippen molar-refractivity contribution in [3.63, 3.8) is 0 Å². The maximum Gasteiger partial charge on any atom is 0.238 e. The van der Waals surface area contributed by atoms with Gasteiger partial charge in [0.25, 0.3) is 0 Å². The third kappa shape index (κ3) is 4.73. The van der Waals surface area contributed by atoms with Crippen LogP contribution in [-0.2, 0) is 4.79 Å². The van der Waals surface area contributed by atoms with Gasteiger partial charge in [0, 0.05) is 21.8 Å². The minimum atomic E-state index is -0.117. The molecule has 3 nitrogen and oxygen atoms in total. The van der Waals surface area contributed by atoms with E-state index in [4.69, 9.17) is 23.2 Å². The van der Waals surface area contributed by atoms with Crippen LogP contribution < -0.4 is 10.6 Å². The molecule has 0 aliphatic carbocycles. The molecule has 0 aliphatic heterocycles. The van der Waals surface area contributed by atoms with Crippen molar-refractivity contribution in [2.75, 3.05) is 11.9 Å². The Morgan fingerprint density at radius 2 is 1.95 bits per heavy atom. The van der Waals surface area contributed by atoms with Crippen LogP contribution in [0.1, 0.15) is 24.1 Å². The number of carbonyl (C=O) groups is 1. The smallest absolute Gasteiger partial charge is 0.238 e. The first-order valence-electron chi connectivity index (χ1n) is 7.00. The van der Waals surface area contributed by atoms with Gasteiger partial charge in [0.2, 0.25) is 5.91 Å². The second kappa shape index (κ2) is 7.63. The summed E-state index contributed by atoms with van der Waals surface area (Å²) in [5, 5.41) is 7.31. The topological polar surface area (TPSA) is 41.1 Å². The van der Waals surface area contributed by atoms with Gasteiger partial charge in [-0.3, -0.25) is 4.79 Å². The van der Waals surface area contributed by atoms with Crippen LogP contribution in [-0.4, -0.2) is 12.5 Å². The van der Waals surface area contributed by atoms with E-state index in [0.29, 0.717) is 15.7 Å². The highest BCUT2D eigenvalue weighted by Gasteiger charge is 2.09. The van der Waals surface area contributed by atoms with Crippen molar-refractivity contribution < 1.29 is 4.79 Å². The Morgan fingerprint density at radius 3 is 2.64 bits per heavy atom. The predicted molar refractivity (Wildman–Crippen MR) is 92.7 cm³/mol. The molecule has 0 aromatic heterocycles. The highest BCUT2D eigenvalue weighted by atomic mass is 35.5. The average molecular weight is 337 g/mol. The molecule has 2 rings (SSSR count). The zero-order valence-corrected chi connectivity index (χ0v) is 14.0. The fourth-order valence-electron chi connectivity index (χ4n) is 2.02. The van der Waals surface area contributed by atoms with Gasteiger partial charge in [0.15, 0.2) is 0 Å². The molecule has 0 saturated heterocycles. The standard InChI is InChI=1S/C17H18Cl2N2O/c1-11-6-7-15(9-16(11)19)21-17(22)10-20-12(2)13-4-3-5-14(18)8-13/h3-9,12,20H,10H2,1-2H3,(H,21,22)/t12-/m1/s1. The lowest BCUT2D eigenvalue weighted by molar-refractivity contribution is -0.115. The Labute approximate surface area is 140 Å². The number of rotatable bonds is 5. The van der Waals surface area contributed by atoms with Gasteiger partial charge in [0.05, 0.1) is 6.54 Å². The van der Waals surface area contributed by atoms with Crippen LogP contribution in [0.15, 0.2) is 42.5 Å². The molecule has 22 heavy (non-hydrogen) atoms. The number of amides is 1. The van der Waals surface area contributed by atoms with Crippen molar-refractivity contribution in [2.24, 2.45) is 0 Å². The van der Waals surface area contributed by atoms with Gasteiger partial charge in [-0.2, -0.15) is 0 Å². The zero-order chi connectivity index (χ0) is 16.1. The van der Waals surface area contributed by atoms with Gasteiger partial charge >= 0.3 is 0 Å². The Hall–Kier alpha value is -1.55. The largest absolute Gasteiger partial charge is 0.325 e. The van der Waals surface area contributed by atoms with Crippen LogP contribution in [0.2, 0.25) is 10.0 Å². The summed E-state index contributed by atoms with van der Waals surface area (Å²) in [6.45, 7) is 4.11. The third-order valence-corrected chi connectivity index (χ3v) is 4.02.